The first kappa shape index (κ1) is 17.0. The third kappa shape index (κ3) is 3.05. The molecule has 1 saturated carbocycles. The molecule has 28 heavy (non-hydrogen) atoms. The average molecular weight is 372 g/mol. The number of benzene rings is 2. The standard InChI is InChI=1S/C22H24N6/c23-21-25-18-12-6-7-13-19(18)28(21)22-26-17-11-5-4-10-16(17)20(27-22)24-14-15-8-2-1-3-9-15/h1-3,6-9,12-13,16-17H,4-5,10-11,14H2,(H2,23,25)(H,24,26,27). The number of amidine groups is 1. The van der Waals surface area contributed by atoms with Gasteiger partial charge in [0.2, 0.25) is 11.9 Å². The van der Waals surface area contributed by atoms with Crippen molar-refractivity contribution in [3.8, 4) is 0 Å². The molecule has 2 aliphatic rings. The molecule has 0 saturated heterocycles. The minimum absolute atomic E-state index is 0.250. The van der Waals surface area contributed by atoms with Gasteiger partial charge in [0.05, 0.1) is 23.6 Å². The number of aliphatic imine (C=N–C) groups is 2. The molecule has 6 nitrogen and oxygen atoms in total. The van der Waals surface area contributed by atoms with Crippen molar-refractivity contribution in [2.45, 2.75) is 38.3 Å². The Morgan fingerprint density at radius 1 is 1.04 bits per heavy atom. The molecule has 0 radical (unpaired) electrons. The number of hydrogen-bond donors (Lipinski definition) is 2. The molecule has 2 unspecified atom stereocenters. The first-order chi connectivity index (χ1) is 13.8. The van der Waals surface area contributed by atoms with E-state index in [1.807, 2.05) is 34.9 Å². The minimum Gasteiger partial charge on any atom is -0.369 e. The lowest BCUT2D eigenvalue weighted by Crippen LogP contribution is -2.49. The van der Waals surface area contributed by atoms with Crippen molar-refractivity contribution in [3.05, 3.63) is 60.2 Å². The molecule has 5 rings (SSSR count). The Kier molecular flexibility index (Phi) is 4.31. The number of para-hydroxylation sites is 2. The van der Waals surface area contributed by atoms with Crippen molar-refractivity contribution in [1.82, 2.24) is 14.9 Å². The molecule has 2 aromatic carbocycles. The van der Waals surface area contributed by atoms with E-state index in [4.69, 9.17) is 15.7 Å². The molecule has 0 amide bonds. The van der Waals surface area contributed by atoms with Crippen molar-refractivity contribution in [1.29, 1.82) is 0 Å². The third-order valence-corrected chi connectivity index (χ3v) is 5.68. The summed E-state index contributed by atoms with van der Waals surface area (Å²) in [7, 11) is 0. The zero-order valence-electron chi connectivity index (χ0n) is 15.8. The Bertz CT molecular complexity index is 1050. The van der Waals surface area contributed by atoms with Gasteiger partial charge in [-0.3, -0.25) is 4.99 Å². The molecule has 0 spiro atoms. The van der Waals surface area contributed by atoms with Crippen LogP contribution in [0.1, 0.15) is 31.2 Å². The lowest BCUT2D eigenvalue weighted by atomic mass is 9.83. The van der Waals surface area contributed by atoms with Crippen LogP contribution in [0, 0.1) is 5.92 Å². The molecule has 6 heteroatoms. The fraction of sp³-hybridized carbons (Fsp3) is 0.318. The number of fused-ring (bicyclic) bond motifs is 2. The van der Waals surface area contributed by atoms with Gasteiger partial charge in [-0.2, -0.15) is 0 Å². The Balaban J connectivity index is 1.53. The first-order valence-corrected chi connectivity index (χ1v) is 9.96. The van der Waals surface area contributed by atoms with Gasteiger partial charge < -0.3 is 11.1 Å². The van der Waals surface area contributed by atoms with Crippen molar-refractivity contribution in [2.24, 2.45) is 15.9 Å². The summed E-state index contributed by atoms with van der Waals surface area (Å²) in [6.07, 6.45) is 4.66. The topological polar surface area (TPSA) is 80.6 Å². The van der Waals surface area contributed by atoms with Gasteiger partial charge in [-0.25, -0.2) is 14.5 Å². The Morgan fingerprint density at radius 3 is 2.71 bits per heavy atom. The van der Waals surface area contributed by atoms with Gasteiger partial charge >= 0.3 is 0 Å². The molecule has 3 N–H and O–H groups in total. The highest BCUT2D eigenvalue weighted by molar-refractivity contribution is 6.07. The summed E-state index contributed by atoms with van der Waals surface area (Å²) >= 11 is 0. The molecule has 142 valence electrons. The van der Waals surface area contributed by atoms with Crippen molar-refractivity contribution >= 4 is 28.8 Å². The highest BCUT2D eigenvalue weighted by Crippen LogP contribution is 2.31. The predicted molar refractivity (Wildman–Crippen MR) is 113 cm³/mol. The highest BCUT2D eigenvalue weighted by atomic mass is 15.3. The number of nitrogen functional groups attached to an aromatic ring is 1. The molecule has 1 aliphatic heterocycles. The SMILES string of the molecule is Nc1nc2ccccc2n1C1=NC2CCCCC2C(=NCc2ccccc2)N1. The predicted octanol–water partition coefficient (Wildman–Crippen LogP) is 3.58. The van der Waals surface area contributed by atoms with Crippen LogP contribution in [0.25, 0.3) is 11.0 Å². The van der Waals surface area contributed by atoms with Crippen molar-refractivity contribution < 1.29 is 0 Å². The van der Waals surface area contributed by atoms with Crippen LogP contribution in [-0.2, 0) is 6.54 Å². The van der Waals surface area contributed by atoms with Crippen molar-refractivity contribution in [3.63, 3.8) is 0 Å². The number of imidazole rings is 1. The monoisotopic (exact) mass is 372 g/mol. The van der Waals surface area contributed by atoms with Crippen LogP contribution in [0.5, 0.6) is 0 Å². The molecule has 0 bridgehead atoms. The zero-order valence-corrected chi connectivity index (χ0v) is 15.8. The van der Waals surface area contributed by atoms with E-state index in [0.717, 1.165) is 35.7 Å². The molecule has 1 aliphatic carbocycles. The summed E-state index contributed by atoms with van der Waals surface area (Å²) in [5, 5.41) is 3.50. The lowest BCUT2D eigenvalue weighted by Gasteiger charge is -2.35. The molecule has 1 fully saturated rings. The van der Waals surface area contributed by atoms with Crippen molar-refractivity contribution in [2.75, 3.05) is 5.73 Å². The summed E-state index contributed by atoms with van der Waals surface area (Å²) in [5.74, 6) is 2.57. The average Bonchev–Trinajstić information content (AvgIpc) is 3.08. The summed E-state index contributed by atoms with van der Waals surface area (Å²) in [6.45, 7) is 0.666. The van der Waals surface area contributed by atoms with Crippen LogP contribution in [-0.4, -0.2) is 27.4 Å². The molecule has 2 atom stereocenters. The molecule has 2 heterocycles. The summed E-state index contributed by atoms with van der Waals surface area (Å²) in [4.78, 5) is 14.5. The molecular formula is C22H24N6. The van der Waals surface area contributed by atoms with E-state index >= 15 is 0 Å². The normalized spacial score (nSPS) is 23.3. The second-order valence-electron chi connectivity index (χ2n) is 7.52. The van der Waals surface area contributed by atoms with Gasteiger partial charge in [-0.15, -0.1) is 0 Å². The maximum absolute atomic E-state index is 6.25. The largest absolute Gasteiger partial charge is 0.369 e. The fourth-order valence-electron chi connectivity index (χ4n) is 4.28. The molecule has 1 aromatic heterocycles. The van der Waals surface area contributed by atoms with E-state index in [1.165, 1.54) is 18.4 Å². The number of nitrogens with zero attached hydrogens (tertiary/aromatic N) is 4. The zero-order chi connectivity index (χ0) is 18.9. The van der Waals surface area contributed by atoms with Crippen LogP contribution in [0.3, 0.4) is 0 Å². The van der Waals surface area contributed by atoms with Crippen LogP contribution in [0.4, 0.5) is 5.95 Å². The third-order valence-electron chi connectivity index (χ3n) is 5.68. The first-order valence-electron chi connectivity index (χ1n) is 9.96. The summed E-state index contributed by atoms with van der Waals surface area (Å²) in [5.41, 5.74) is 9.30. The van der Waals surface area contributed by atoms with E-state index in [9.17, 15) is 0 Å². The van der Waals surface area contributed by atoms with Gasteiger partial charge in [-0.05, 0) is 30.5 Å². The Hall–Kier alpha value is -3.15. The van der Waals surface area contributed by atoms with Crippen LogP contribution in [0.15, 0.2) is 64.6 Å². The summed E-state index contributed by atoms with van der Waals surface area (Å²) < 4.78 is 1.91. The van der Waals surface area contributed by atoms with Gasteiger partial charge in [0.15, 0.2) is 0 Å². The molecular weight excluding hydrogens is 348 g/mol. The summed E-state index contributed by atoms with van der Waals surface area (Å²) in [6, 6.07) is 18.6. The van der Waals surface area contributed by atoms with Gasteiger partial charge in [-0.1, -0.05) is 55.3 Å². The number of nitrogens with two attached hydrogens (primary N) is 1. The maximum atomic E-state index is 6.25. The van der Waals surface area contributed by atoms with Crippen LogP contribution < -0.4 is 11.1 Å². The second-order valence-corrected chi connectivity index (χ2v) is 7.52. The second kappa shape index (κ2) is 7.11. The number of anilines is 1. The number of hydrogen-bond acceptors (Lipinski definition) is 4. The van der Waals surface area contributed by atoms with E-state index in [2.05, 4.69) is 34.6 Å². The fourth-order valence-corrected chi connectivity index (χ4v) is 4.28. The molecule has 3 aromatic rings. The Morgan fingerprint density at radius 2 is 1.82 bits per heavy atom. The van der Waals surface area contributed by atoms with Gasteiger partial charge in [0.25, 0.3) is 0 Å². The highest BCUT2D eigenvalue weighted by Gasteiger charge is 2.34. The maximum Gasteiger partial charge on any atom is 0.211 e. The van der Waals surface area contributed by atoms with E-state index in [1.54, 1.807) is 0 Å². The smallest absolute Gasteiger partial charge is 0.211 e. The quantitative estimate of drug-likeness (QED) is 0.721. The van der Waals surface area contributed by atoms with E-state index < -0.39 is 0 Å². The van der Waals surface area contributed by atoms with E-state index in [-0.39, 0.29) is 6.04 Å². The van der Waals surface area contributed by atoms with Gasteiger partial charge in [0, 0.05) is 5.92 Å². The van der Waals surface area contributed by atoms with Crippen LogP contribution in [0.2, 0.25) is 0 Å². The Labute approximate surface area is 164 Å². The van der Waals surface area contributed by atoms with Gasteiger partial charge in [0.1, 0.15) is 5.84 Å². The number of rotatable bonds is 2. The number of aromatic nitrogens is 2. The minimum atomic E-state index is 0.250. The van der Waals surface area contributed by atoms with Crippen LogP contribution >= 0.6 is 0 Å². The number of nitrogens with one attached hydrogen (secondary N) is 1. The lowest BCUT2D eigenvalue weighted by molar-refractivity contribution is 0.370. The van der Waals surface area contributed by atoms with E-state index in [0.29, 0.717) is 18.4 Å².